The van der Waals surface area contributed by atoms with Crippen molar-refractivity contribution in [2.24, 2.45) is 0 Å². The summed E-state index contributed by atoms with van der Waals surface area (Å²) in [5.74, 6) is -3.72. The fraction of sp³-hybridized carbons (Fsp3) is 0.362. The van der Waals surface area contributed by atoms with E-state index in [0.717, 1.165) is 74.5 Å². The van der Waals surface area contributed by atoms with Gasteiger partial charge >= 0.3 is 11.9 Å². The number of aromatic nitrogens is 2. The van der Waals surface area contributed by atoms with Crippen LogP contribution in [0.15, 0.2) is 60.7 Å². The lowest BCUT2D eigenvalue weighted by Gasteiger charge is -2.18. The number of ether oxygens (including phenoxy) is 1. The number of hydrogen-bond donors (Lipinski definition) is 9. The molecule has 2 aliphatic heterocycles. The normalized spacial score (nSPS) is 12.7. The predicted molar refractivity (Wildman–Crippen MR) is 287 cm³/mol. The molecule has 73 heavy (non-hydrogen) atoms. The van der Waals surface area contributed by atoms with E-state index in [1.165, 1.54) is 29.8 Å². The molecule has 9 N–H and O–H groups in total. The summed E-state index contributed by atoms with van der Waals surface area (Å²) in [6.45, 7) is 0.461. The first-order valence-corrected chi connectivity index (χ1v) is 23.9. The molecule has 0 bridgehead atoms. The molecule has 6 rings (SSSR count). The van der Waals surface area contributed by atoms with E-state index >= 15 is 0 Å². The van der Waals surface area contributed by atoms with Gasteiger partial charge in [0.05, 0.1) is 51.4 Å². The van der Waals surface area contributed by atoms with E-state index in [2.05, 4.69) is 52.5 Å². The number of carbonyl (C=O) groups excluding carboxylic acids is 7. The zero-order valence-electron chi connectivity index (χ0n) is 39.4. The van der Waals surface area contributed by atoms with Gasteiger partial charge in [-0.1, -0.05) is 70.7 Å². The number of carbonyl (C=O) groups is 8. The van der Waals surface area contributed by atoms with Crippen LogP contribution in [0, 0.1) is 0 Å². The lowest BCUT2D eigenvalue weighted by Crippen LogP contribution is -2.50. The highest BCUT2D eigenvalue weighted by molar-refractivity contribution is 7.59. The van der Waals surface area contributed by atoms with E-state index in [9.17, 15) is 43.5 Å². The second kappa shape index (κ2) is 30.9. The molecule has 4 heterocycles. The number of rotatable bonds is 20. The summed E-state index contributed by atoms with van der Waals surface area (Å²) >= 11 is 24.0. The Morgan fingerprint density at radius 1 is 0.589 bits per heavy atom. The molecule has 2 aromatic carbocycles. The van der Waals surface area contributed by atoms with Crippen LogP contribution in [-0.4, -0.2) is 121 Å². The van der Waals surface area contributed by atoms with Gasteiger partial charge in [0.25, 0.3) is 11.8 Å². The van der Waals surface area contributed by atoms with E-state index in [1.807, 2.05) is 24.3 Å². The number of halogens is 4. The van der Waals surface area contributed by atoms with Crippen LogP contribution < -0.4 is 42.5 Å². The van der Waals surface area contributed by atoms with Crippen molar-refractivity contribution in [2.75, 3.05) is 57.0 Å². The number of benzene rings is 2. The highest BCUT2D eigenvalue weighted by Crippen LogP contribution is 2.26. The topological polar surface area (TPSA) is 288 Å². The average Bonchev–Trinajstić information content (AvgIpc) is 3.35. The number of aryl methyl sites for hydroxylation is 4. The van der Waals surface area contributed by atoms with Gasteiger partial charge in [0, 0.05) is 50.4 Å². The summed E-state index contributed by atoms with van der Waals surface area (Å²) in [5, 5.41) is 30.8. The number of hydrogen-bond acceptors (Lipinski definition) is 13. The minimum Gasteiger partial charge on any atom is -0.480 e. The number of carboxylic acids is 1. The van der Waals surface area contributed by atoms with Gasteiger partial charge in [0.1, 0.15) is 23.7 Å². The Balaban J connectivity index is 0.000000375. The largest absolute Gasteiger partial charge is 0.480 e. The number of nitrogens with one attached hydrogen (secondary N) is 8. The number of esters is 1. The molecule has 0 saturated carbocycles. The molecule has 26 heteroatoms. The molecule has 2 atom stereocenters. The van der Waals surface area contributed by atoms with Crippen molar-refractivity contribution in [3.63, 3.8) is 0 Å². The van der Waals surface area contributed by atoms with Gasteiger partial charge in [-0.3, -0.25) is 28.8 Å². The number of aliphatic carboxylic acids is 1. The molecule has 0 fully saturated rings. The van der Waals surface area contributed by atoms with Crippen molar-refractivity contribution in [3.05, 3.63) is 114 Å². The maximum Gasteiger partial charge on any atom is 0.330 e. The van der Waals surface area contributed by atoms with Crippen molar-refractivity contribution in [3.8, 4) is 0 Å². The van der Waals surface area contributed by atoms with E-state index in [1.54, 1.807) is 12.1 Å². The summed E-state index contributed by atoms with van der Waals surface area (Å²) in [5.41, 5.74) is 3.83. The quantitative estimate of drug-likeness (QED) is 0.0568. The molecule has 6 amide bonds. The molecule has 20 nitrogen and oxygen atoms in total. The van der Waals surface area contributed by atoms with Crippen LogP contribution in [-0.2, 0) is 59.2 Å². The Morgan fingerprint density at radius 3 is 1.38 bits per heavy atom. The molecule has 4 aromatic rings. The second-order valence-electron chi connectivity index (χ2n) is 15.9. The number of amides is 6. The van der Waals surface area contributed by atoms with Gasteiger partial charge in [-0.15, -0.1) is 0 Å². The molecule has 0 unspecified atom stereocenters. The van der Waals surface area contributed by atoms with Crippen molar-refractivity contribution >= 4 is 132 Å². The zero-order chi connectivity index (χ0) is 51.5. The third kappa shape index (κ3) is 19.4. The lowest BCUT2D eigenvalue weighted by atomic mass is 10.1. The smallest absolute Gasteiger partial charge is 0.330 e. The average molecular weight is 1130 g/mol. The summed E-state index contributed by atoms with van der Waals surface area (Å²) < 4.78 is 4.70. The van der Waals surface area contributed by atoms with Crippen LogP contribution in [0.25, 0.3) is 0 Å². The van der Waals surface area contributed by atoms with Crippen LogP contribution in [0.2, 0.25) is 20.1 Å². The number of anilines is 2. The van der Waals surface area contributed by atoms with Crippen molar-refractivity contribution in [1.82, 2.24) is 41.9 Å². The van der Waals surface area contributed by atoms with Crippen molar-refractivity contribution in [2.45, 2.75) is 63.5 Å². The maximum atomic E-state index is 12.6. The summed E-state index contributed by atoms with van der Waals surface area (Å²) in [7, 11) is 1.15. The minimum atomic E-state index is -1.43. The maximum absolute atomic E-state index is 12.6. The number of nitrogens with zero attached hydrogens (tertiary/aromatic N) is 2. The third-order valence-corrected chi connectivity index (χ3v) is 12.1. The summed E-state index contributed by atoms with van der Waals surface area (Å²) in [6, 6.07) is 14.2. The molecule has 0 saturated heterocycles. The van der Waals surface area contributed by atoms with Gasteiger partial charge in [-0.25, -0.2) is 19.6 Å². The summed E-state index contributed by atoms with van der Waals surface area (Å²) in [6.07, 6.45) is 5.26. The second-order valence-corrected chi connectivity index (χ2v) is 17.6. The lowest BCUT2D eigenvalue weighted by molar-refractivity contribution is -0.143. The Bertz CT molecular complexity index is 2600. The number of carboxylic acid groups (broad SMARTS) is 1. The van der Waals surface area contributed by atoms with Crippen LogP contribution in [0.4, 0.5) is 11.6 Å². The third-order valence-electron chi connectivity index (χ3n) is 10.8. The number of fused-ring (bicyclic) bond motifs is 2. The van der Waals surface area contributed by atoms with Gasteiger partial charge in [-0.2, -0.15) is 27.0 Å². The Labute approximate surface area is 454 Å². The van der Waals surface area contributed by atoms with Crippen LogP contribution in [0.3, 0.4) is 0 Å². The van der Waals surface area contributed by atoms with Crippen LogP contribution in [0.1, 0.15) is 68.9 Å². The summed E-state index contributed by atoms with van der Waals surface area (Å²) in [4.78, 5) is 106. The highest BCUT2D eigenvalue weighted by atomic mass is 35.5. The minimum absolute atomic E-state index is 0. The molecule has 0 radical (unpaired) electrons. The Hall–Kier alpha value is -6.04. The first-order chi connectivity index (χ1) is 34.0. The van der Waals surface area contributed by atoms with E-state index in [-0.39, 0.29) is 102 Å². The molecule has 2 aromatic heterocycles. The molecule has 2 aliphatic rings. The number of methoxy groups -OCH3 is 1. The standard InChI is InChI=1S/C24H27Cl2N5O5.C23H25Cl2N5O5.2H2S/c1-36-24(35)18(31-23(34)21-16(25)5-2-6-17(21)26)12-28-20(33)13-29-19(32)10-9-15-8-7-14-4-3-11-27-22(14)30-15;24-15-4-1-5-16(25)20(15)22(33)30-17(23(34)35)11-27-19(32)12-28-18(31)9-8-14-7-6-13-3-2-10-26-21(13)29-14;;/h2,5-8,18H,3-4,9-13H2,1H3,(H,27,30)(H,28,33)(H,29,32)(H,31,34);1,4-7,17H,2-3,8-12H2,(H,26,29)(H,27,32)(H,28,31)(H,30,33)(H,34,35);2*1H2/t18-;17-;;/m00../s1. The fourth-order valence-corrected chi connectivity index (χ4v) is 8.15. The molecular weight excluding hydrogens is 1070 g/mol. The molecule has 394 valence electrons. The predicted octanol–water partition coefficient (Wildman–Crippen LogP) is 3.90. The van der Waals surface area contributed by atoms with Crippen molar-refractivity contribution in [1.29, 1.82) is 0 Å². The van der Waals surface area contributed by atoms with Gasteiger partial charge in [0.2, 0.25) is 23.6 Å². The van der Waals surface area contributed by atoms with Crippen LogP contribution >= 0.6 is 73.4 Å². The number of pyridine rings is 2. The van der Waals surface area contributed by atoms with E-state index in [0.29, 0.717) is 12.8 Å². The van der Waals surface area contributed by atoms with Crippen molar-refractivity contribution < 1.29 is 48.2 Å². The zero-order valence-corrected chi connectivity index (χ0v) is 44.4. The molecule has 0 spiro atoms. The molecule has 0 aliphatic carbocycles. The Kier molecular flexibility index (Phi) is 25.9. The molecular formula is C47H56Cl4N10O10S2. The first kappa shape index (κ1) is 61.3. The van der Waals surface area contributed by atoms with E-state index < -0.39 is 54.2 Å². The monoisotopic (exact) mass is 1120 g/mol. The van der Waals surface area contributed by atoms with E-state index in [4.69, 9.17) is 51.1 Å². The van der Waals surface area contributed by atoms with Gasteiger partial charge < -0.3 is 52.4 Å². The Morgan fingerprint density at radius 2 is 0.986 bits per heavy atom. The first-order valence-electron chi connectivity index (χ1n) is 22.3. The SMILES string of the molecule is COC(=O)[C@H](CNC(=O)CNC(=O)CCc1ccc2c(n1)NCCC2)NC(=O)c1c(Cl)cccc1Cl.O=C(CCc1ccc2c(n1)NCCC2)NCC(=O)NC[C@H](NC(=O)c1c(Cl)cccc1Cl)C(=O)O.S.S. The van der Waals surface area contributed by atoms with Gasteiger partial charge in [0.15, 0.2) is 0 Å². The fourth-order valence-electron chi connectivity index (χ4n) is 7.02. The van der Waals surface area contributed by atoms with Crippen LogP contribution in [0.5, 0.6) is 0 Å². The highest BCUT2D eigenvalue weighted by Gasteiger charge is 2.26. The van der Waals surface area contributed by atoms with Gasteiger partial charge in [-0.05, 0) is 86.1 Å².